The molecule has 0 amide bonds. The molecule has 4 heteroatoms. The summed E-state index contributed by atoms with van der Waals surface area (Å²) in [7, 11) is 0. The van der Waals surface area contributed by atoms with Crippen LogP contribution in [0.1, 0.15) is 52.6 Å². The lowest BCUT2D eigenvalue weighted by Crippen LogP contribution is -2.37. The number of hydrogen-bond donors (Lipinski definition) is 3. The fourth-order valence-electron chi connectivity index (χ4n) is 6.94. The molecule has 248 valence electrons. The highest BCUT2D eigenvalue weighted by Gasteiger charge is 2.35. The van der Waals surface area contributed by atoms with Crippen molar-refractivity contribution < 1.29 is 0 Å². The summed E-state index contributed by atoms with van der Waals surface area (Å²) >= 11 is 16.5. The Kier molecular flexibility index (Phi) is 11.7. The largest absolute Gasteiger partial charge is 0.303 e. The molecule has 49 heavy (non-hydrogen) atoms. The molecule has 0 bridgehead atoms. The lowest BCUT2D eigenvalue weighted by Gasteiger charge is -2.37. The number of thiol groups is 3. The quantitative estimate of drug-likeness (QED) is 0.0902. The fraction of sp³-hybridized carbons (Fsp3) is 0.200. The van der Waals surface area contributed by atoms with Crippen LogP contribution < -0.4 is 0 Å². The van der Waals surface area contributed by atoms with E-state index in [1.165, 1.54) is 33.4 Å². The predicted octanol–water partition coefficient (Wildman–Crippen LogP) is 11.1. The molecule has 0 aliphatic carbocycles. The summed E-state index contributed by atoms with van der Waals surface area (Å²) in [4.78, 5) is 2.62. The Hall–Kier alpha value is -3.67. The van der Waals surface area contributed by atoms with Gasteiger partial charge in [0.25, 0.3) is 0 Å². The van der Waals surface area contributed by atoms with Gasteiger partial charge in [0.2, 0.25) is 0 Å². The van der Waals surface area contributed by atoms with E-state index in [1.54, 1.807) is 0 Å². The first-order chi connectivity index (χ1) is 23.9. The van der Waals surface area contributed by atoms with Gasteiger partial charge in [0, 0.05) is 19.6 Å². The minimum atomic E-state index is -0.450. The normalized spacial score (nSPS) is 12.2. The monoisotopic (exact) mass is 695 g/mol. The molecule has 0 heterocycles. The van der Waals surface area contributed by atoms with Gasteiger partial charge < -0.3 is 4.90 Å². The third kappa shape index (κ3) is 8.22. The van der Waals surface area contributed by atoms with Crippen LogP contribution in [0.3, 0.4) is 0 Å². The van der Waals surface area contributed by atoms with E-state index in [1.807, 2.05) is 0 Å². The van der Waals surface area contributed by atoms with Gasteiger partial charge in [-0.25, -0.2) is 0 Å². The molecule has 0 spiro atoms. The maximum absolute atomic E-state index is 5.49. The standard InChI is InChI=1S/C45H45NS3/c47-43(37-19-7-1-8-20-37,38-21-9-2-10-22-38)31-34-46(35-32-44(48,39-23-11-3-12-24-39)40-25-13-4-14-26-40)36-33-45(49,41-27-15-5-16-28-41)42-29-17-6-18-30-42/h1-30,47-49H,31-36H2. The molecule has 0 saturated carbocycles. The summed E-state index contributed by atoms with van der Waals surface area (Å²) in [5, 5.41) is 0. The van der Waals surface area contributed by atoms with Crippen LogP contribution in [0.4, 0.5) is 0 Å². The highest BCUT2D eigenvalue weighted by molar-refractivity contribution is 7.82. The summed E-state index contributed by atoms with van der Waals surface area (Å²) in [5.41, 5.74) is 7.24. The summed E-state index contributed by atoms with van der Waals surface area (Å²) in [6.45, 7) is 2.57. The van der Waals surface area contributed by atoms with Crippen molar-refractivity contribution in [1.29, 1.82) is 0 Å². The van der Waals surface area contributed by atoms with Gasteiger partial charge in [-0.3, -0.25) is 0 Å². The lowest BCUT2D eigenvalue weighted by molar-refractivity contribution is 0.244. The van der Waals surface area contributed by atoms with E-state index < -0.39 is 14.2 Å². The molecular formula is C45H45NS3. The first kappa shape index (κ1) is 35.2. The molecule has 6 rings (SSSR count). The van der Waals surface area contributed by atoms with Crippen LogP contribution in [0, 0.1) is 0 Å². The summed E-state index contributed by atoms with van der Waals surface area (Å²) in [6.07, 6.45) is 2.53. The molecule has 0 saturated heterocycles. The fourth-order valence-corrected chi connectivity index (χ4v) is 8.14. The third-order valence-corrected chi connectivity index (χ3v) is 12.1. The molecule has 1 nitrogen and oxygen atoms in total. The Bertz CT molecular complexity index is 1490. The molecule has 6 aromatic rings. The van der Waals surface area contributed by atoms with Gasteiger partial charge in [-0.05, 0) is 52.6 Å². The average molecular weight is 696 g/mol. The molecule has 0 aliphatic heterocycles. The number of hydrogen-bond acceptors (Lipinski definition) is 4. The molecule has 0 fully saturated rings. The van der Waals surface area contributed by atoms with Gasteiger partial charge in [-0.1, -0.05) is 182 Å². The number of benzene rings is 6. The van der Waals surface area contributed by atoms with Crippen molar-refractivity contribution >= 4 is 37.9 Å². The molecule has 0 aromatic heterocycles. The Morgan fingerprint density at radius 1 is 0.286 bits per heavy atom. The molecular weight excluding hydrogens is 651 g/mol. The van der Waals surface area contributed by atoms with Crippen molar-refractivity contribution in [2.45, 2.75) is 33.5 Å². The molecule has 0 radical (unpaired) electrons. The van der Waals surface area contributed by atoms with Crippen LogP contribution >= 0.6 is 37.9 Å². The van der Waals surface area contributed by atoms with Gasteiger partial charge in [0.15, 0.2) is 0 Å². The topological polar surface area (TPSA) is 3.24 Å². The zero-order chi connectivity index (χ0) is 34.0. The molecule has 6 aromatic carbocycles. The highest BCUT2D eigenvalue weighted by atomic mass is 32.1. The van der Waals surface area contributed by atoms with Crippen molar-refractivity contribution in [1.82, 2.24) is 4.90 Å². The molecule has 0 N–H and O–H groups in total. The maximum atomic E-state index is 5.49. The van der Waals surface area contributed by atoms with Crippen LogP contribution in [0.5, 0.6) is 0 Å². The van der Waals surface area contributed by atoms with Crippen LogP contribution in [0.15, 0.2) is 182 Å². The van der Waals surface area contributed by atoms with Crippen molar-refractivity contribution in [2.24, 2.45) is 0 Å². The van der Waals surface area contributed by atoms with Gasteiger partial charge in [-0.15, -0.1) is 0 Å². The van der Waals surface area contributed by atoms with Crippen molar-refractivity contribution in [3.8, 4) is 0 Å². The minimum Gasteiger partial charge on any atom is -0.303 e. The summed E-state index contributed by atoms with van der Waals surface area (Å²) in [6, 6.07) is 64.3. The Morgan fingerprint density at radius 2 is 0.449 bits per heavy atom. The second-order valence-corrected chi connectivity index (χ2v) is 15.2. The lowest BCUT2D eigenvalue weighted by atomic mass is 9.85. The summed E-state index contributed by atoms with van der Waals surface area (Å²) < 4.78 is -1.35. The van der Waals surface area contributed by atoms with Crippen LogP contribution in [0.25, 0.3) is 0 Å². The SMILES string of the molecule is SC(CCN(CCC(S)(c1ccccc1)c1ccccc1)CCC(S)(c1ccccc1)c1ccccc1)(c1ccccc1)c1ccccc1. The van der Waals surface area contributed by atoms with E-state index in [9.17, 15) is 0 Å². The first-order valence-corrected chi connectivity index (χ1v) is 18.5. The predicted molar refractivity (Wildman–Crippen MR) is 218 cm³/mol. The highest BCUT2D eigenvalue weighted by Crippen LogP contribution is 2.43. The molecule has 0 aliphatic rings. The molecule has 0 atom stereocenters. The Balaban J connectivity index is 1.34. The van der Waals surface area contributed by atoms with Crippen molar-refractivity contribution in [2.75, 3.05) is 19.6 Å². The van der Waals surface area contributed by atoms with Gasteiger partial charge >= 0.3 is 0 Å². The third-order valence-electron chi connectivity index (χ3n) is 9.88. The minimum absolute atomic E-state index is 0.450. The zero-order valence-electron chi connectivity index (χ0n) is 27.9. The van der Waals surface area contributed by atoms with E-state index in [4.69, 9.17) is 37.9 Å². The smallest absolute Gasteiger partial charge is 0.0639 e. The second-order valence-electron chi connectivity index (χ2n) is 12.9. The van der Waals surface area contributed by atoms with Gasteiger partial charge in [0.1, 0.15) is 0 Å². The van der Waals surface area contributed by atoms with E-state index in [2.05, 4.69) is 187 Å². The van der Waals surface area contributed by atoms with E-state index >= 15 is 0 Å². The Labute approximate surface area is 309 Å². The average Bonchev–Trinajstić information content (AvgIpc) is 3.19. The Morgan fingerprint density at radius 3 is 0.612 bits per heavy atom. The zero-order valence-corrected chi connectivity index (χ0v) is 30.5. The molecule has 0 unspecified atom stereocenters. The van der Waals surface area contributed by atoms with E-state index in [0.29, 0.717) is 0 Å². The summed E-state index contributed by atoms with van der Waals surface area (Å²) in [5.74, 6) is 0. The number of nitrogens with zero attached hydrogens (tertiary/aromatic N) is 1. The van der Waals surface area contributed by atoms with Crippen LogP contribution in [0.2, 0.25) is 0 Å². The van der Waals surface area contributed by atoms with Gasteiger partial charge in [-0.2, -0.15) is 37.9 Å². The van der Waals surface area contributed by atoms with Crippen LogP contribution in [-0.2, 0) is 14.2 Å². The van der Waals surface area contributed by atoms with Crippen LogP contribution in [-0.4, -0.2) is 24.5 Å². The second kappa shape index (κ2) is 16.4. The van der Waals surface area contributed by atoms with Gasteiger partial charge in [0.05, 0.1) is 14.2 Å². The van der Waals surface area contributed by atoms with Crippen molar-refractivity contribution in [3.05, 3.63) is 215 Å². The van der Waals surface area contributed by atoms with E-state index in [-0.39, 0.29) is 0 Å². The van der Waals surface area contributed by atoms with Crippen molar-refractivity contribution in [3.63, 3.8) is 0 Å². The van der Waals surface area contributed by atoms with E-state index in [0.717, 1.165) is 38.9 Å². The first-order valence-electron chi connectivity index (χ1n) is 17.1. The number of rotatable bonds is 15. The maximum Gasteiger partial charge on any atom is 0.0639 e.